The average Bonchev–Trinajstić information content (AvgIpc) is 2.55. The van der Waals surface area contributed by atoms with E-state index in [-0.39, 0.29) is 16.3 Å². The fraction of sp³-hybridized carbons (Fsp3) is 0.100. The standard InChI is InChI=1S/C10H10NO5P/c1-11-5-9(17(14,15)16)7-4-6(10(12)13)2-3-8(7)11/h2-5H,1H3,(H,12,13)(H2,14,15,16). The molecule has 17 heavy (non-hydrogen) atoms. The van der Waals surface area contributed by atoms with Crippen LogP contribution in [0.2, 0.25) is 0 Å². The Morgan fingerprint density at radius 2 is 2.00 bits per heavy atom. The lowest BCUT2D eigenvalue weighted by molar-refractivity contribution is 0.0697. The zero-order chi connectivity index (χ0) is 12.8. The van der Waals surface area contributed by atoms with E-state index in [1.54, 1.807) is 11.6 Å². The van der Waals surface area contributed by atoms with Gasteiger partial charge in [0, 0.05) is 24.1 Å². The number of carboxylic acids is 1. The van der Waals surface area contributed by atoms with Gasteiger partial charge in [0.1, 0.15) is 0 Å². The van der Waals surface area contributed by atoms with Gasteiger partial charge in [0.15, 0.2) is 0 Å². The third kappa shape index (κ3) is 1.98. The molecule has 90 valence electrons. The number of fused-ring (bicyclic) bond motifs is 1. The normalized spacial score (nSPS) is 11.9. The fourth-order valence-electron chi connectivity index (χ4n) is 1.74. The second kappa shape index (κ2) is 3.70. The quantitative estimate of drug-likeness (QED) is 0.685. The van der Waals surface area contributed by atoms with Gasteiger partial charge < -0.3 is 19.5 Å². The summed E-state index contributed by atoms with van der Waals surface area (Å²) in [7, 11) is -2.77. The lowest BCUT2D eigenvalue weighted by Gasteiger charge is -2.01. The number of nitrogens with zero attached hydrogens (tertiary/aromatic N) is 1. The highest BCUT2D eigenvalue weighted by atomic mass is 31.2. The average molecular weight is 255 g/mol. The van der Waals surface area contributed by atoms with Gasteiger partial charge in [-0.15, -0.1) is 0 Å². The molecule has 1 heterocycles. The van der Waals surface area contributed by atoms with Gasteiger partial charge in [0.25, 0.3) is 0 Å². The molecule has 3 N–H and O–H groups in total. The Balaban J connectivity index is 2.82. The predicted molar refractivity (Wildman–Crippen MR) is 61.6 cm³/mol. The summed E-state index contributed by atoms with van der Waals surface area (Å²) in [5.41, 5.74) is 0.576. The molecule has 0 aliphatic rings. The molecule has 2 rings (SSSR count). The first kappa shape index (κ1) is 11.9. The van der Waals surface area contributed by atoms with Gasteiger partial charge in [-0.05, 0) is 18.2 Å². The largest absolute Gasteiger partial charge is 0.478 e. The zero-order valence-electron chi connectivity index (χ0n) is 8.86. The maximum Gasteiger partial charge on any atom is 0.358 e. The van der Waals surface area contributed by atoms with Crippen LogP contribution in [0.25, 0.3) is 10.9 Å². The molecule has 0 radical (unpaired) electrons. The SMILES string of the molecule is Cn1cc(P(=O)(O)O)c2cc(C(=O)O)ccc21. The Morgan fingerprint density at radius 3 is 2.53 bits per heavy atom. The van der Waals surface area contributed by atoms with Crippen LogP contribution in [0.15, 0.2) is 24.4 Å². The van der Waals surface area contributed by atoms with Gasteiger partial charge in [-0.25, -0.2) is 4.79 Å². The topological polar surface area (TPSA) is 99.8 Å². The van der Waals surface area contributed by atoms with Crippen LogP contribution in [0, 0.1) is 0 Å². The van der Waals surface area contributed by atoms with Gasteiger partial charge in [0.05, 0.1) is 10.9 Å². The van der Waals surface area contributed by atoms with E-state index >= 15 is 0 Å². The summed E-state index contributed by atoms with van der Waals surface area (Å²) in [6.45, 7) is 0. The lowest BCUT2D eigenvalue weighted by atomic mass is 10.1. The van der Waals surface area contributed by atoms with E-state index < -0.39 is 13.6 Å². The Hall–Kier alpha value is -1.62. The van der Waals surface area contributed by atoms with Crippen molar-refractivity contribution in [2.24, 2.45) is 7.05 Å². The smallest absolute Gasteiger partial charge is 0.358 e. The molecule has 0 saturated carbocycles. The molecule has 0 bridgehead atoms. The molecule has 0 spiro atoms. The van der Waals surface area contributed by atoms with Crippen molar-refractivity contribution in [3.8, 4) is 0 Å². The summed E-state index contributed by atoms with van der Waals surface area (Å²) >= 11 is 0. The Kier molecular flexibility index (Phi) is 2.58. The second-order valence-corrected chi connectivity index (χ2v) is 5.28. The van der Waals surface area contributed by atoms with Crippen molar-refractivity contribution >= 4 is 29.8 Å². The molecule has 0 atom stereocenters. The van der Waals surface area contributed by atoms with Gasteiger partial charge in [-0.1, -0.05) is 0 Å². The van der Waals surface area contributed by atoms with E-state index in [4.69, 9.17) is 5.11 Å². The number of aryl methyl sites for hydroxylation is 1. The van der Waals surface area contributed by atoms with Crippen molar-refractivity contribution in [1.29, 1.82) is 0 Å². The van der Waals surface area contributed by atoms with Crippen molar-refractivity contribution in [1.82, 2.24) is 4.57 Å². The maximum atomic E-state index is 11.3. The number of aromatic nitrogens is 1. The second-order valence-electron chi connectivity index (χ2n) is 3.71. The highest BCUT2D eigenvalue weighted by molar-refractivity contribution is 7.60. The van der Waals surface area contributed by atoms with Gasteiger partial charge in [-0.2, -0.15) is 0 Å². The van der Waals surface area contributed by atoms with Gasteiger partial charge in [-0.3, -0.25) is 4.57 Å². The molecule has 0 aliphatic carbocycles. The van der Waals surface area contributed by atoms with E-state index in [0.717, 1.165) is 0 Å². The molecule has 2 aromatic rings. The molecule has 7 heteroatoms. The lowest BCUT2D eigenvalue weighted by Crippen LogP contribution is -2.03. The van der Waals surface area contributed by atoms with E-state index in [1.165, 1.54) is 24.4 Å². The van der Waals surface area contributed by atoms with E-state index in [2.05, 4.69) is 0 Å². The zero-order valence-corrected chi connectivity index (χ0v) is 9.76. The molecule has 0 amide bonds. The van der Waals surface area contributed by atoms with Crippen molar-refractivity contribution in [2.75, 3.05) is 0 Å². The summed E-state index contributed by atoms with van der Waals surface area (Å²) in [5.74, 6) is -1.13. The van der Waals surface area contributed by atoms with Crippen molar-refractivity contribution in [3.05, 3.63) is 30.0 Å². The first-order chi connectivity index (χ1) is 7.80. The fourth-order valence-corrected chi connectivity index (χ4v) is 2.55. The van der Waals surface area contributed by atoms with Crippen molar-refractivity contribution in [2.45, 2.75) is 0 Å². The third-order valence-electron chi connectivity index (χ3n) is 2.53. The highest BCUT2D eigenvalue weighted by Crippen LogP contribution is 2.37. The Bertz CT molecular complexity index is 654. The molecule has 0 fully saturated rings. The van der Waals surface area contributed by atoms with E-state index in [9.17, 15) is 19.1 Å². The third-order valence-corrected chi connectivity index (χ3v) is 3.51. The van der Waals surface area contributed by atoms with Crippen LogP contribution in [0.3, 0.4) is 0 Å². The molecular weight excluding hydrogens is 245 g/mol. The summed E-state index contributed by atoms with van der Waals surface area (Å²) < 4.78 is 12.8. The summed E-state index contributed by atoms with van der Waals surface area (Å²) in [4.78, 5) is 29.2. The Morgan fingerprint density at radius 1 is 1.35 bits per heavy atom. The van der Waals surface area contributed by atoms with Gasteiger partial charge in [0.2, 0.25) is 0 Å². The Labute approximate surface area is 96.3 Å². The predicted octanol–water partition coefficient (Wildman–Crippen LogP) is 0.679. The first-order valence-electron chi connectivity index (χ1n) is 4.69. The molecule has 1 aromatic carbocycles. The van der Waals surface area contributed by atoms with Crippen LogP contribution < -0.4 is 5.30 Å². The maximum absolute atomic E-state index is 11.3. The number of rotatable bonds is 2. The molecule has 1 aromatic heterocycles. The van der Waals surface area contributed by atoms with Crippen LogP contribution in [-0.4, -0.2) is 25.4 Å². The van der Waals surface area contributed by atoms with Crippen LogP contribution in [0.4, 0.5) is 0 Å². The summed E-state index contributed by atoms with van der Waals surface area (Å²) in [6, 6.07) is 4.19. The van der Waals surface area contributed by atoms with Crippen LogP contribution in [0.1, 0.15) is 10.4 Å². The molecule has 0 aliphatic heterocycles. The minimum atomic E-state index is -4.41. The molecule has 6 nitrogen and oxygen atoms in total. The van der Waals surface area contributed by atoms with Crippen LogP contribution in [0.5, 0.6) is 0 Å². The van der Waals surface area contributed by atoms with E-state index in [0.29, 0.717) is 5.52 Å². The minimum absolute atomic E-state index is 0.00148. The molecule has 0 saturated heterocycles. The van der Waals surface area contributed by atoms with Crippen LogP contribution >= 0.6 is 7.60 Å². The number of hydrogen-bond acceptors (Lipinski definition) is 2. The number of benzene rings is 1. The summed E-state index contributed by atoms with van der Waals surface area (Å²) in [6.07, 6.45) is 1.32. The highest BCUT2D eigenvalue weighted by Gasteiger charge is 2.23. The van der Waals surface area contributed by atoms with Gasteiger partial charge >= 0.3 is 13.6 Å². The minimum Gasteiger partial charge on any atom is -0.478 e. The van der Waals surface area contributed by atoms with E-state index in [1.807, 2.05) is 0 Å². The van der Waals surface area contributed by atoms with Crippen molar-refractivity contribution < 1.29 is 24.3 Å². The molecular formula is C10H10NO5P. The summed E-state index contributed by atoms with van der Waals surface area (Å²) in [5, 5.41) is 8.95. The number of carbonyl (C=O) groups is 1. The first-order valence-corrected chi connectivity index (χ1v) is 6.30. The number of hydrogen-bond donors (Lipinski definition) is 3. The van der Waals surface area contributed by atoms with Crippen molar-refractivity contribution in [3.63, 3.8) is 0 Å². The molecule has 0 unspecified atom stereocenters. The number of carboxylic acid groups (broad SMARTS) is 1. The number of aromatic carboxylic acids is 1. The monoisotopic (exact) mass is 255 g/mol. The van der Waals surface area contributed by atoms with Crippen LogP contribution in [-0.2, 0) is 11.6 Å².